The summed E-state index contributed by atoms with van der Waals surface area (Å²) in [5, 5.41) is 9.99. The minimum atomic E-state index is -0.207. The number of aromatic amines is 1. The number of amides is 1. The van der Waals surface area contributed by atoms with Crippen molar-refractivity contribution >= 4 is 23.5 Å². The highest BCUT2D eigenvalue weighted by Crippen LogP contribution is 2.42. The van der Waals surface area contributed by atoms with Crippen molar-refractivity contribution in [3.05, 3.63) is 32.9 Å². The fourth-order valence-electron chi connectivity index (χ4n) is 3.03. The summed E-state index contributed by atoms with van der Waals surface area (Å²) < 4.78 is 3.55. The van der Waals surface area contributed by atoms with E-state index < -0.39 is 0 Å². The number of anilines is 1. The second-order valence-corrected chi connectivity index (χ2v) is 7.21. The lowest BCUT2D eigenvalue weighted by Crippen LogP contribution is -2.17. The van der Waals surface area contributed by atoms with Gasteiger partial charge in [-0.15, -0.1) is 11.8 Å². The number of aryl methyl sites for hydroxylation is 2. The standard InChI is InChI=1S/C15H21N5O2S/c1-7(2)20-14-12(15(22)18-20)13(23-6-10(21)16-14)11-8(3)17-19(5)9(11)4/h7,13H,6H2,1-5H3,(H,16,21)(H,18,22)/t13-/m1/s1. The van der Waals surface area contributed by atoms with E-state index in [1.807, 2.05) is 39.4 Å². The van der Waals surface area contributed by atoms with E-state index in [9.17, 15) is 9.59 Å². The van der Waals surface area contributed by atoms with Crippen molar-refractivity contribution in [3.63, 3.8) is 0 Å². The number of carbonyl (C=O) groups is 1. The molecule has 0 unspecified atom stereocenters. The number of nitrogens with one attached hydrogen (secondary N) is 2. The lowest BCUT2D eigenvalue weighted by Gasteiger charge is -2.15. The van der Waals surface area contributed by atoms with Gasteiger partial charge in [0.15, 0.2) is 0 Å². The molecular formula is C15H21N5O2S. The zero-order valence-electron chi connectivity index (χ0n) is 13.9. The predicted molar refractivity (Wildman–Crippen MR) is 91.1 cm³/mol. The van der Waals surface area contributed by atoms with Gasteiger partial charge in [0.1, 0.15) is 5.82 Å². The van der Waals surface area contributed by atoms with Crippen molar-refractivity contribution in [2.75, 3.05) is 11.1 Å². The topological polar surface area (TPSA) is 84.7 Å². The van der Waals surface area contributed by atoms with Crippen molar-refractivity contribution in [1.82, 2.24) is 19.6 Å². The first-order chi connectivity index (χ1) is 10.8. The molecule has 0 bridgehead atoms. The SMILES string of the molecule is Cc1nn(C)c(C)c1[C@H]1SCC(=O)Nc2c1c(=O)[nH]n2C(C)C. The number of hydrogen-bond acceptors (Lipinski definition) is 4. The summed E-state index contributed by atoms with van der Waals surface area (Å²) in [5.74, 6) is 0.795. The average molecular weight is 335 g/mol. The third kappa shape index (κ3) is 2.50. The molecule has 0 spiro atoms. The van der Waals surface area contributed by atoms with Gasteiger partial charge >= 0.3 is 0 Å². The molecule has 8 heteroatoms. The van der Waals surface area contributed by atoms with Gasteiger partial charge in [0.2, 0.25) is 5.91 Å². The van der Waals surface area contributed by atoms with Crippen molar-refractivity contribution < 1.29 is 4.79 Å². The molecule has 0 saturated heterocycles. The van der Waals surface area contributed by atoms with E-state index in [-0.39, 0.29) is 22.8 Å². The van der Waals surface area contributed by atoms with Crippen LogP contribution in [0.4, 0.5) is 5.82 Å². The third-order valence-corrected chi connectivity index (χ3v) is 5.44. The molecule has 1 aliphatic heterocycles. The monoisotopic (exact) mass is 335 g/mol. The van der Waals surface area contributed by atoms with Gasteiger partial charge in [0.05, 0.1) is 22.3 Å². The molecule has 0 aromatic carbocycles. The number of H-pyrrole nitrogens is 1. The summed E-state index contributed by atoms with van der Waals surface area (Å²) in [6.07, 6.45) is 0. The Morgan fingerprint density at radius 3 is 2.52 bits per heavy atom. The van der Waals surface area contributed by atoms with Gasteiger partial charge in [-0.3, -0.25) is 24.1 Å². The molecule has 1 aliphatic rings. The molecule has 1 amide bonds. The molecule has 3 heterocycles. The maximum atomic E-state index is 12.6. The van der Waals surface area contributed by atoms with Crippen molar-refractivity contribution in [2.24, 2.45) is 7.05 Å². The number of thioether (sulfide) groups is 1. The van der Waals surface area contributed by atoms with E-state index in [1.54, 1.807) is 4.68 Å². The first-order valence-electron chi connectivity index (χ1n) is 7.57. The Morgan fingerprint density at radius 2 is 1.96 bits per heavy atom. The highest BCUT2D eigenvalue weighted by molar-refractivity contribution is 8.00. The van der Waals surface area contributed by atoms with Crippen molar-refractivity contribution in [3.8, 4) is 0 Å². The summed E-state index contributed by atoms with van der Waals surface area (Å²) >= 11 is 1.47. The molecule has 0 fully saturated rings. The zero-order chi connectivity index (χ0) is 16.9. The second-order valence-electron chi connectivity index (χ2n) is 6.11. The molecular weight excluding hydrogens is 314 g/mol. The van der Waals surface area contributed by atoms with E-state index in [2.05, 4.69) is 15.5 Å². The van der Waals surface area contributed by atoms with Crippen LogP contribution in [0, 0.1) is 13.8 Å². The van der Waals surface area contributed by atoms with Crippen LogP contribution in [-0.2, 0) is 11.8 Å². The molecule has 0 radical (unpaired) electrons. The molecule has 124 valence electrons. The average Bonchev–Trinajstić information content (AvgIpc) is 2.83. The molecule has 0 aliphatic carbocycles. The zero-order valence-corrected chi connectivity index (χ0v) is 14.7. The Morgan fingerprint density at radius 1 is 1.26 bits per heavy atom. The molecule has 0 saturated carbocycles. The van der Waals surface area contributed by atoms with Crippen molar-refractivity contribution in [2.45, 2.75) is 39.0 Å². The number of carbonyl (C=O) groups excluding carboxylic acids is 1. The number of nitrogens with zero attached hydrogens (tertiary/aromatic N) is 3. The normalized spacial score (nSPS) is 18.0. The molecule has 1 atom stereocenters. The summed E-state index contributed by atoms with van der Waals surface area (Å²) in [6, 6.07) is 0.0478. The van der Waals surface area contributed by atoms with E-state index in [1.165, 1.54) is 11.8 Å². The summed E-state index contributed by atoms with van der Waals surface area (Å²) in [7, 11) is 1.89. The number of aromatic nitrogens is 4. The van der Waals surface area contributed by atoms with Crippen LogP contribution < -0.4 is 10.9 Å². The first-order valence-corrected chi connectivity index (χ1v) is 8.62. The molecule has 3 rings (SSSR count). The minimum absolute atomic E-state index is 0.0478. The lowest BCUT2D eigenvalue weighted by atomic mass is 10.0. The maximum Gasteiger partial charge on any atom is 0.270 e. The van der Waals surface area contributed by atoms with Crippen LogP contribution in [0.2, 0.25) is 0 Å². The second kappa shape index (κ2) is 5.59. The van der Waals surface area contributed by atoms with E-state index in [4.69, 9.17) is 0 Å². The van der Waals surface area contributed by atoms with Crippen LogP contribution in [0.15, 0.2) is 4.79 Å². The fraction of sp³-hybridized carbons (Fsp3) is 0.533. The van der Waals surface area contributed by atoms with Crippen LogP contribution >= 0.6 is 11.8 Å². The van der Waals surface area contributed by atoms with Gasteiger partial charge in [0.25, 0.3) is 5.56 Å². The van der Waals surface area contributed by atoms with Gasteiger partial charge in [-0.25, -0.2) is 0 Å². The van der Waals surface area contributed by atoms with Gasteiger partial charge < -0.3 is 5.32 Å². The van der Waals surface area contributed by atoms with Gasteiger partial charge in [-0.2, -0.15) is 5.10 Å². The molecule has 2 aromatic rings. The van der Waals surface area contributed by atoms with Gasteiger partial charge in [-0.1, -0.05) is 0 Å². The van der Waals surface area contributed by atoms with E-state index in [0.717, 1.165) is 17.0 Å². The molecule has 7 nitrogen and oxygen atoms in total. The Labute approximate surface area is 138 Å². The number of hydrogen-bond donors (Lipinski definition) is 2. The lowest BCUT2D eigenvalue weighted by molar-refractivity contribution is -0.113. The largest absolute Gasteiger partial charge is 0.310 e. The van der Waals surface area contributed by atoms with Gasteiger partial charge in [0, 0.05) is 24.3 Å². The minimum Gasteiger partial charge on any atom is -0.310 e. The predicted octanol–water partition coefficient (Wildman–Crippen LogP) is 1.88. The van der Waals surface area contributed by atoms with Crippen LogP contribution in [-0.4, -0.2) is 31.2 Å². The number of rotatable bonds is 2. The summed E-state index contributed by atoms with van der Waals surface area (Å²) in [6.45, 7) is 7.87. The highest BCUT2D eigenvalue weighted by atomic mass is 32.2. The molecule has 2 N–H and O–H groups in total. The van der Waals surface area contributed by atoms with E-state index >= 15 is 0 Å². The highest BCUT2D eigenvalue weighted by Gasteiger charge is 2.33. The Bertz CT molecular complexity index is 830. The quantitative estimate of drug-likeness (QED) is 0.877. The van der Waals surface area contributed by atoms with Gasteiger partial charge in [-0.05, 0) is 27.7 Å². The number of fused-ring (bicyclic) bond motifs is 1. The van der Waals surface area contributed by atoms with Crippen LogP contribution in [0.5, 0.6) is 0 Å². The summed E-state index contributed by atoms with van der Waals surface area (Å²) in [5.41, 5.74) is 3.36. The smallest absolute Gasteiger partial charge is 0.270 e. The van der Waals surface area contributed by atoms with Crippen molar-refractivity contribution in [1.29, 1.82) is 0 Å². The summed E-state index contributed by atoms with van der Waals surface area (Å²) in [4.78, 5) is 24.7. The Kier molecular flexibility index (Phi) is 3.87. The van der Waals surface area contributed by atoms with Crippen LogP contribution in [0.25, 0.3) is 0 Å². The maximum absolute atomic E-state index is 12.6. The van der Waals surface area contributed by atoms with Crippen LogP contribution in [0.1, 0.15) is 47.7 Å². The Hall–Kier alpha value is -1.96. The van der Waals surface area contributed by atoms with Crippen LogP contribution in [0.3, 0.4) is 0 Å². The fourth-order valence-corrected chi connectivity index (χ4v) is 4.31. The molecule has 23 heavy (non-hydrogen) atoms. The molecule has 2 aromatic heterocycles. The Balaban J connectivity index is 2.25. The third-order valence-electron chi connectivity index (χ3n) is 4.21. The van der Waals surface area contributed by atoms with E-state index in [0.29, 0.717) is 17.1 Å². The first kappa shape index (κ1) is 15.9.